The smallest absolute Gasteiger partial charge is 0.357 e. The van der Waals surface area contributed by atoms with Gasteiger partial charge in [-0.25, -0.2) is 4.98 Å². The maximum Gasteiger partial charge on any atom is 0.417 e. The molecule has 4 rings (SSSR count). The highest BCUT2D eigenvalue weighted by atomic mass is 19.4. The number of hydrogen-bond donors (Lipinski definition) is 1. The molecule has 2 aliphatic rings. The predicted octanol–water partition coefficient (Wildman–Crippen LogP) is 3.34. The maximum atomic E-state index is 12.7. The van der Waals surface area contributed by atoms with E-state index in [4.69, 9.17) is 0 Å². The van der Waals surface area contributed by atoms with Gasteiger partial charge in [0.1, 0.15) is 5.82 Å². The van der Waals surface area contributed by atoms with Crippen molar-refractivity contribution in [1.82, 2.24) is 20.1 Å². The fourth-order valence-electron chi connectivity index (χ4n) is 3.72. The first-order chi connectivity index (χ1) is 12.9. The molecule has 0 amide bonds. The normalized spacial score (nSPS) is 20.0. The van der Waals surface area contributed by atoms with E-state index in [1.807, 2.05) is 23.1 Å². The highest BCUT2D eigenvalue weighted by Crippen LogP contribution is 2.46. The average molecular weight is 379 g/mol. The lowest BCUT2D eigenvalue weighted by atomic mass is 10.0. The summed E-state index contributed by atoms with van der Waals surface area (Å²) >= 11 is 0. The third-order valence-corrected chi connectivity index (χ3v) is 5.67. The summed E-state index contributed by atoms with van der Waals surface area (Å²) in [6.07, 6.45) is 4.82. The second kappa shape index (κ2) is 7.14. The molecule has 2 aromatic rings. The first-order valence-corrected chi connectivity index (χ1v) is 9.43. The standard InChI is InChI=1S/C19H24F3N5/c20-19(21,22)15-2-3-17(23-12-15)26-10-4-16(5-11-26)24-13-18(6-7-18)14-27-9-1-8-25-27/h1-3,8-9,12,16,24H,4-7,10-11,13-14H2. The molecule has 0 radical (unpaired) electrons. The summed E-state index contributed by atoms with van der Waals surface area (Å²) < 4.78 is 40.0. The molecule has 1 saturated heterocycles. The molecule has 2 fully saturated rings. The molecule has 146 valence electrons. The van der Waals surface area contributed by atoms with Crippen LogP contribution >= 0.6 is 0 Å². The molecule has 0 aromatic carbocycles. The number of halogens is 3. The highest BCUT2D eigenvalue weighted by Gasteiger charge is 2.43. The van der Waals surface area contributed by atoms with E-state index in [0.717, 1.165) is 51.3 Å². The van der Waals surface area contributed by atoms with Crippen molar-refractivity contribution in [2.45, 2.75) is 44.4 Å². The summed E-state index contributed by atoms with van der Waals surface area (Å²) in [6.45, 7) is 3.57. The van der Waals surface area contributed by atoms with Crippen molar-refractivity contribution in [3.63, 3.8) is 0 Å². The van der Waals surface area contributed by atoms with Crippen LogP contribution in [0.5, 0.6) is 0 Å². The largest absolute Gasteiger partial charge is 0.417 e. The molecule has 1 saturated carbocycles. The number of piperidine rings is 1. The van der Waals surface area contributed by atoms with Crippen LogP contribution in [0.2, 0.25) is 0 Å². The lowest BCUT2D eigenvalue weighted by molar-refractivity contribution is -0.137. The summed E-state index contributed by atoms with van der Waals surface area (Å²) in [5, 5.41) is 8.01. The zero-order valence-electron chi connectivity index (χ0n) is 15.1. The zero-order valence-corrected chi connectivity index (χ0v) is 15.1. The van der Waals surface area contributed by atoms with Gasteiger partial charge in [0.05, 0.1) is 5.56 Å². The summed E-state index contributed by atoms with van der Waals surface area (Å²) in [7, 11) is 0. The molecule has 0 atom stereocenters. The molecule has 0 unspecified atom stereocenters. The quantitative estimate of drug-likeness (QED) is 0.836. The molecule has 1 aliphatic heterocycles. The minimum absolute atomic E-state index is 0.331. The van der Waals surface area contributed by atoms with Crippen LogP contribution in [0.15, 0.2) is 36.8 Å². The van der Waals surface area contributed by atoms with Gasteiger partial charge in [0.15, 0.2) is 0 Å². The van der Waals surface area contributed by atoms with Gasteiger partial charge in [0.25, 0.3) is 0 Å². The van der Waals surface area contributed by atoms with E-state index in [1.165, 1.54) is 18.9 Å². The number of hydrogen-bond acceptors (Lipinski definition) is 4. The van der Waals surface area contributed by atoms with E-state index < -0.39 is 11.7 Å². The molecule has 0 spiro atoms. The number of anilines is 1. The SMILES string of the molecule is FC(F)(F)c1ccc(N2CCC(NCC3(Cn4cccn4)CC3)CC2)nc1. The van der Waals surface area contributed by atoms with Gasteiger partial charge in [0, 0.05) is 56.2 Å². The topological polar surface area (TPSA) is 46.0 Å². The van der Waals surface area contributed by atoms with E-state index in [-0.39, 0.29) is 0 Å². The molecule has 3 heterocycles. The maximum absolute atomic E-state index is 12.7. The first kappa shape index (κ1) is 18.3. The first-order valence-electron chi connectivity index (χ1n) is 9.43. The third-order valence-electron chi connectivity index (χ3n) is 5.67. The minimum Gasteiger partial charge on any atom is -0.357 e. The van der Waals surface area contributed by atoms with Crippen LogP contribution in [0.25, 0.3) is 0 Å². The van der Waals surface area contributed by atoms with Crippen molar-refractivity contribution in [2.24, 2.45) is 5.41 Å². The number of rotatable bonds is 6. The van der Waals surface area contributed by atoms with Gasteiger partial charge in [-0.1, -0.05) is 0 Å². The summed E-state index contributed by atoms with van der Waals surface area (Å²) in [4.78, 5) is 6.07. The van der Waals surface area contributed by atoms with Crippen molar-refractivity contribution in [1.29, 1.82) is 0 Å². The number of pyridine rings is 1. The van der Waals surface area contributed by atoms with E-state index >= 15 is 0 Å². The van der Waals surface area contributed by atoms with Crippen molar-refractivity contribution < 1.29 is 13.2 Å². The van der Waals surface area contributed by atoms with Crippen LogP contribution < -0.4 is 10.2 Å². The van der Waals surface area contributed by atoms with E-state index in [2.05, 4.69) is 20.3 Å². The molecule has 5 nitrogen and oxygen atoms in total. The lowest BCUT2D eigenvalue weighted by Crippen LogP contribution is -2.44. The second-order valence-corrected chi connectivity index (χ2v) is 7.75. The van der Waals surface area contributed by atoms with Gasteiger partial charge in [0.2, 0.25) is 0 Å². The van der Waals surface area contributed by atoms with Gasteiger partial charge in [-0.3, -0.25) is 4.68 Å². The van der Waals surface area contributed by atoms with Crippen molar-refractivity contribution in [3.05, 3.63) is 42.4 Å². The molecular weight excluding hydrogens is 355 g/mol. The van der Waals surface area contributed by atoms with E-state index in [0.29, 0.717) is 17.3 Å². The Hall–Kier alpha value is -2.09. The van der Waals surface area contributed by atoms with Gasteiger partial charge < -0.3 is 10.2 Å². The number of nitrogens with zero attached hydrogens (tertiary/aromatic N) is 4. The molecule has 27 heavy (non-hydrogen) atoms. The monoisotopic (exact) mass is 379 g/mol. The number of alkyl halides is 3. The van der Waals surface area contributed by atoms with Crippen LogP contribution in [0.3, 0.4) is 0 Å². The molecule has 0 bridgehead atoms. The Morgan fingerprint density at radius 1 is 1.19 bits per heavy atom. The summed E-state index contributed by atoms with van der Waals surface area (Å²) in [6, 6.07) is 4.98. The van der Waals surface area contributed by atoms with E-state index in [9.17, 15) is 13.2 Å². The van der Waals surface area contributed by atoms with E-state index in [1.54, 1.807) is 0 Å². The van der Waals surface area contributed by atoms with Gasteiger partial charge in [-0.15, -0.1) is 0 Å². The van der Waals surface area contributed by atoms with Gasteiger partial charge >= 0.3 is 6.18 Å². The lowest BCUT2D eigenvalue weighted by Gasteiger charge is -2.34. The minimum atomic E-state index is -4.34. The van der Waals surface area contributed by atoms with Crippen LogP contribution in [0.1, 0.15) is 31.2 Å². The molecule has 2 aromatic heterocycles. The zero-order chi connectivity index (χ0) is 18.9. The van der Waals surface area contributed by atoms with Crippen molar-refractivity contribution >= 4 is 5.82 Å². The Balaban J connectivity index is 1.24. The molecular formula is C19H24F3N5. The highest BCUT2D eigenvalue weighted by molar-refractivity contribution is 5.40. The number of nitrogens with one attached hydrogen (secondary N) is 1. The van der Waals surface area contributed by atoms with Gasteiger partial charge in [-0.05, 0) is 43.9 Å². The fraction of sp³-hybridized carbons (Fsp3) is 0.579. The molecule has 1 N–H and O–H groups in total. The predicted molar refractivity (Wildman–Crippen MR) is 96.4 cm³/mol. The average Bonchev–Trinajstić information content (AvgIpc) is 3.23. The summed E-state index contributed by atoms with van der Waals surface area (Å²) in [5.74, 6) is 0.624. The Kier molecular flexibility index (Phi) is 4.84. The van der Waals surface area contributed by atoms with Crippen molar-refractivity contribution in [2.75, 3.05) is 24.5 Å². The van der Waals surface area contributed by atoms with Crippen LogP contribution in [0.4, 0.5) is 19.0 Å². The Labute approximate surface area is 156 Å². The summed E-state index contributed by atoms with van der Waals surface area (Å²) in [5.41, 5.74) is -0.368. The Bertz CT molecular complexity index is 730. The molecule has 1 aliphatic carbocycles. The third kappa shape index (κ3) is 4.43. The van der Waals surface area contributed by atoms with Crippen LogP contribution in [-0.4, -0.2) is 40.4 Å². The van der Waals surface area contributed by atoms with Crippen LogP contribution in [-0.2, 0) is 12.7 Å². The Morgan fingerprint density at radius 3 is 2.52 bits per heavy atom. The fourth-order valence-corrected chi connectivity index (χ4v) is 3.72. The van der Waals surface area contributed by atoms with Crippen molar-refractivity contribution in [3.8, 4) is 0 Å². The Morgan fingerprint density at radius 2 is 1.96 bits per heavy atom. The molecule has 8 heteroatoms. The van der Waals surface area contributed by atoms with Gasteiger partial charge in [-0.2, -0.15) is 18.3 Å². The second-order valence-electron chi connectivity index (χ2n) is 7.75. The van der Waals surface area contributed by atoms with Crippen LogP contribution in [0, 0.1) is 5.41 Å². The number of aromatic nitrogens is 3.